The van der Waals surface area contributed by atoms with Crippen molar-refractivity contribution in [2.45, 2.75) is 84.7 Å². The number of nitrogens with zero attached hydrogens (tertiary/aromatic N) is 5. The lowest BCUT2D eigenvalue weighted by Crippen LogP contribution is -2.47. The predicted octanol–water partition coefficient (Wildman–Crippen LogP) is 6.67. The average Bonchev–Trinajstić information content (AvgIpc) is 3.62. The fraction of sp³-hybridized carbons (Fsp3) is 0.484. The summed E-state index contributed by atoms with van der Waals surface area (Å²) in [6.45, 7) is 14.2. The molecule has 41 heavy (non-hydrogen) atoms. The van der Waals surface area contributed by atoms with Crippen LogP contribution in [0.1, 0.15) is 92.3 Å². The van der Waals surface area contributed by atoms with Crippen LogP contribution in [0.25, 0.3) is 5.69 Å². The van der Waals surface area contributed by atoms with Gasteiger partial charge in [-0.25, -0.2) is 9.48 Å². The summed E-state index contributed by atoms with van der Waals surface area (Å²) in [6, 6.07) is 11.4. The lowest BCUT2D eigenvalue weighted by atomic mass is 9.98. The normalized spacial score (nSPS) is 20.5. The van der Waals surface area contributed by atoms with E-state index in [1.807, 2.05) is 76.8 Å². The molecular formula is C31H38BrN5O4. The molecule has 0 saturated carbocycles. The van der Waals surface area contributed by atoms with Gasteiger partial charge in [0.15, 0.2) is 0 Å². The summed E-state index contributed by atoms with van der Waals surface area (Å²) in [4.78, 5) is 30.8. The van der Waals surface area contributed by atoms with Gasteiger partial charge in [0.2, 0.25) is 0 Å². The van der Waals surface area contributed by atoms with Gasteiger partial charge in [0.25, 0.3) is 5.91 Å². The minimum absolute atomic E-state index is 0.000663. The number of carbonyl (C=O) groups is 2. The minimum atomic E-state index is -0.878. The van der Waals surface area contributed by atoms with Crippen molar-refractivity contribution >= 4 is 27.9 Å². The molecule has 3 heterocycles. The molecule has 1 aromatic heterocycles. The number of rotatable bonds is 4. The smallest absolute Gasteiger partial charge is 0.413 e. The SMILES string of the molecule is Cc1ccc(C(=O)N2CCCC2c2cccc(Br)c2C)c(-n2cc(C3COC(C)(C)N3C(=O)OC(C)(C)C)nn2)c1. The second-order valence-electron chi connectivity index (χ2n) is 12.3. The molecule has 2 atom stereocenters. The second-order valence-corrected chi connectivity index (χ2v) is 13.2. The summed E-state index contributed by atoms with van der Waals surface area (Å²) in [5, 5.41) is 8.85. The van der Waals surface area contributed by atoms with Gasteiger partial charge in [-0.1, -0.05) is 39.3 Å². The number of aromatic nitrogens is 3. The van der Waals surface area contributed by atoms with Crippen LogP contribution in [-0.4, -0.2) is 61.3 Å². The maximum atomic E-state index is 14.1. The number of carbonyl (C=O) groups excluding carboxylic acids is 2. The van der Waals surface area contributed by atoms with Crippen molar-refractivity contribution in [1.82, 2.24) is 24.8 Å². The molecule has 9 nitrogen and oxygen atoms in total. The zero-order chi connectivity index (χ0) is 29.7. The zero-order valence-corrected chi connectivity index (χ0v) is 26.4. The highest BCUT2D eigenvalue weighted by Crippen LogP contribution is 2.39. The summed E-state index contributed by atoms with van der Waals surface area (Å²) in [6.07, 6.45) is 3.15. The van der Waals surface area contributed by atoms with Crippen molar-refractivity contribution in [2.24, 2.45) is 0 Å². The van der Waals surface area contributed by atoms with Crippen molar-refractivity contribution < 1.29 is 19.1 Å². The summed E-state index contributed by atoms with van der Waals surface area (Å²) >= 11 is 3.65. The average molecular weight is 625 g/mol. The fourth-order valence-corrected chi connectivity index (χ4v) is 6.09. The molecule has 0 spiro atoms. The van der Waals surface area contributed by atoms with Gasteiger partial charge in [0.1, 0.15) is 23.1 Å². The molecule has 3 aromatic rings. The number of benzene rings is 2. The molecule has 2 saturated heterocycles. The Bertz CT molecular complexity index is 1480. The van der Waals surface area contributed by atoms with Crippen LogP contribution < -0.4 is 0 Å². The minimum Gasteiger partial charge on any atom is -0.444 e. The van der Waals surface area contributed by atoms with Crippen LogP contribution in [0.5, 0.6) is 0 Å². The van der Waals surface area contributed by atoms with Crippen molar-refractivity contribution in [3.63, 3.8) is 0 Å². The first-order valence-corrected chi connectivity index (χ1v) is 14.8. The predicted molar refractivity (Wildman–Crippen MR) is 159 cm³/mol. The Labute approximate surface area is 249 Å². The Morgan fingerprint density at radius 1 is 1.12 bits per heavy atom. The number of hydrogen-bond donors (Lipinski definition) is 0. The molecule has 2 fully saturated rings. The molecule has 2 aliphatic rings. The quantitative estimate of drug-likeness (QED) is 0.322. The Kier molecular flexibility index (Phi) is 7.76. The summed E-state index contributed by atoms with van der Waals surface area (Å²) < 4.78 is 14.3. The maximum absolute atomic E-state index is 14.1. The van der Waals surface area contributed by atoms with E-state index in [0.29, 0.717) is 23.5 Å². The Morgan fingerprint density at radius 3 is 2.61 bits per heavy atom. The van der Waals surface area contributed by atoms with Crippen LogP contribution in [0.15, 0.2) is 47.1 Å². The first kappa shape index (κ1) is 29.3. The van der Waals surface area contributed by atoms with Gasteiger partial charge in [-0.2, -0.15) is 0 Å². The lowest BCUT2D eigenvalue weighted by Gasteiger charge is -2.34. The van der Waals surface area contributed by atoms with E-state index in [1.54, 1.807) is 15.8 Å². The first-order valence-electron chi connectivity index (χ1n) is 14.0. The van der Waals surface area contributed by atoms with Crippen molar-refractivity contribution in [3.8, 4) is 5.69 Å². The van der Waals surface area contributed by atoms with Crippen molar-refractivity contribution in [3.05, 3.63) is 75.0 Å². The molecule has 2 amide bonds. The van der Waals surface area contributed by atoms with E-state index in [9.17, 15) is 9.59 Å². The number of halogens is 1. The Balaban J connectivity index is 1.47. The van der Waals surface area contributed by atoms with Crippen LogP contribution in [0.4, 0.5) is 4.79 Å². The van der Waals surface area contributed by atoms with E-state index in [2.05, 4.69) is 39.2 Å². The van der Waals surface area contributed by atoms with Gasteiger partial charge in [0.05, 0.1) is 30.1 Å². The highest BCUT2D eigenvalue weighted by molar-refractivity contribution is 9.10. The highest BCUT2D eigenvalue weighted by atomic mass is 79.9. The van der Waals surface area contributed by atoms with Crippen LogP contribution in [0.2, 0.25) is 0 Å². The number of ether oxygens (including phenoxy) is 2. The van der Waals surface area contributed by atoms with Crippen molar-refractivity contribution in [2.75, 3.05) is 13.2 Å². The van der Waals surface area contributed by atoms with E-state index < -0.39 is 23.5 Å². The maximum Gasteiger partial charge on any atom is 0.413 e. The van der Waals surface area contributed by atoms with E-state index in [1.165, 1.54) is 0 Å². The summed E-state index contributed by atoms with van der Waals surface area (Å²) in [5.74, 6) is -0.0420. The van der Waals surface area contributed by atoms with Gasteiger partial charge >= 0.3 is 6.09 Å². The summed E-state index contributed by atoms with van der Waals surface area (Å²) in [7, 11) is 0. The van der Waals surface area contributed by atoms with Gasteiger partial charge in [-0.05, 0) is 96.2 Å². The van der Waals surface area contributed by atoms with Gasteiger partial charge < -0.3 is 14.4 Å². The van der Waals surface area contributed by atoms with Crippen LogP contribution in [0, 0.1) is 13.8 Å². The number of hydrogen-bond acceptors (Lipinski definition) is 6. The third-order valence-electron chi connectivity index (χ3n) is 7.74. The standard InChI is InChI=1S/C31H38BrN5O4/c1-19-13-14-22(28(38)35-15-9-12-25(35)21-10-8-11-23(32)20(21)2)26(16-19)36-17-24(33-34-36)27-18-40-31(6,7)37(27)29(39)41-30(3,4)5/h8,10-11,13-14,16-17,25,27H,9,12,15,18H2,1-7H3. The Morgan fingerprint density at radius 2 is 1.88 bits per heavy atom. The van der Waals surface area contributed by atoms with Gasteiger partial charge in [-0.15, -0.1) is 5.10 Å². The molecule has 0 N–H and O–H groups in total. The number of amides is 2. The van der Waals surface area contributed by atoms with E-state index in [-0.39, 0.29) is 18.6 Å². The second kappa shape index (κ2) is 10.9. The third-order valence-corrected chi connectivity index (χ3v) is 8.60. The molecule has 2 aromatic carbocycles. The highest BCUT2D eigenvalue weighted by Gasteiger charge is 2.47. The fourth-order valence-electron chi connectivity index (χ4n) is 5.71. The first-order chi connectivity index (χ1) is 19.3. The zero-order valence-electron chi connectivity index (χ0n) is 24.8. The molecular weight excluding hydrogens is 586 g/mol. The molecule has 0 aliphatic carbocycles. The molecule has 218 valence electrons. The van der Waals surface area contributed by atoms with Gasteiger partial charge in [-0.3, -0.25) is 9.69 Å². The molecule has 0 bridgehead atoms. The molecule has 2 aliphatic heterocycles. The largest absolute Gasteiger partial charge is 0.444 e. The van der Waals surface area contributed by atoms with E-state index >= 15 is 0 Å². The van der Waals surface area contributed by atoms with Crippen molar-refractivity contribution in [1.29, 1.82) is 0 Å². The monoisotopic (exact) mass is 623 g/mol. The van der Waals surface area contributed by atoms with E-state index in [0.717, 1.165) is 34.0 Å². The molecule has 10 heteroatoms. The van der Waals surface area contributed by atoms with Crippen LogP contribution >= 0.6 is 15.9 Å². The number of aryl methyl sites for hydroxylation is 1. The van der Waals surface area contributed by atoms with Gasteiger partial charge in [0, 0.05) is 11.0 Å². The number of likely N-dealkylation sites (tertiary alicyclic amines) is 1. The molecule has 0 radical (unpaired) electrons. The van der Waals surface area contributed by atoms with Crippen LogP contribution in [-0.2, 0) is 9.47 Å². The van der Waals surface area contributed by atoms with E-state index in [4.69, 9.17) is 9.47 Å². The Hall–Kier alpha value is -3.24. The summed E-state index contributed by atoms with van der Waals surface area (Å²) in [5.41, 5.74) is 3.53. The molecule has 2 unspecified atom stereocenters. The van der Waals surface area contributed by atoms with Crippen LogP contribution in [0.3, 0.4) is 0 Å². The topological polar surface area (TPSA) is 89.8 Å². The lowest BCUT2D eigenvalue weighted by molar-refractivity contribution is -0.0627. The third kappa shape index (κ3) is 5.77. The molecule has 5 rings (SSSR count).